The lowest BCUT2D eigenvalue weighted by Crippen LogP contribution is -2.32. The Hall–Kier alpha value is -2.04. The van der Waals surface area contributed by atoms with Gasteiger partial charge in [0.15, 0.2) is 5.92 Å². The summed E-state index contributed by atoms with van der Waals surface area (Å²) in [6.45, 7) is 1.24. The van der Waals surface area contributed by atoms with Crippen LogP contribution in [0.15, 0.2) is 24.3 Å². The number of halogens is 1. The lowest BCUT2D eigenvalue weighted by molar-refractivity contribution is -0.146. The van der Waals surface area contributed by atoms with Crippen molar-refractivity contribution >= 4 is 17.5 Å². The summed E-state index contributed by atoms with van der Waals surface area (Å²) in [6, 6.07) is 5.56. The minimum Gasteiger partial charge on any atom is -0.468 e. The number of ether oxygens (including phenoxy) is 1. The first-order valence-corrected chi connectivity index (χ1v) is 5.35. The van der Waals surface area contributed by atoms with Crippen LogP contribution in [-0.4, -0.2) is 24.6 Å². The van der Waals surface area contributed by atoms with Crippen LogP contribution in [0.3, 0.4) is 0 Å². The van der Waals surface area contributed by atoms with Crippen LogP contribution in [-0.2, 0) is 20.7 Å². The zero-order chi connectivity index (χ0) is 13.7. The Kier molecular flexibility index (Phi) is 4.71. The van der Waals surface area contributed by atoms with E-state index in [-0.39, 0.29) is 17.9 Å². The van der Waals surface area contributed by atoms with Crippen molar-refractivity contribution < 1.29 is 18.7 Å². The molecular formula is C13H14FNO3. The van der Waals surface area contributed by atoms with Gasteiger partial charge in [0.1, 0.15) is 11.6 Å². The molecule has 1 unspecified atom stereocenters. The molecule has 0 saturated carbocycles. The number of benzene rings is 1. The van der Waals surface area contributed by atoms with Gasteiger partial charge in [-0.1, -0.05) is 12.1 Å². The van der Waals surface area contributed by atoms with Crippen LogP contribution in [0.25, 0.3) is 0 Å². The molecule has 0 aliphatic carbocycles. The summed E-state index contributed by atoms with van der Waals surface area (Å²) in [4.78, 5) is 22.7. The molecule has 5 heteroatoms. The van der Waals surface area contributed by atoms with E-state index in [1.165, 1.54) is 38.3 Å². The molecule has 0 fully saturated rings. The van der Waals surface area contributed by atoms with Gasteiger partial charge in [-0.15, -0.1) is 0 Å². The van der Waals surface area contributed by atoms with Gasteiger partial charge in [-0.3, -0.25) is 9.59 Å². The third kappa shape index (κ3) is 3.48. The summed E-state index contributed by atoms with van der Waals surface area (Å²) >= 11 is 0. The Morgan fingerprint density at radius 3 is 2.33 bits per heavy atom. The first kappa shape index (κ1) is 14.0. The van der Waals surface area contributed by atoms with Gasteiger partial charge in [-0.05, 0) is 24.6 Å². The molecule has 0 spiro atoms. The smallest absolute Gasteiger partial charge is 0.321 e. The van der Waals surface area contributed by atoms with E-state index in [0.29, 0.717) is 5.56 Å². The van der Waals surface area contributed by atoms with Gasteiger partial charge >= 0.3 is 5.97 Å². The summed E-state index contributed by atoms with van der Waals surface area (Å²) in [6.07, 6.45) is 0.111. The zero-order valence-corrected chi connectivity index (χ0v) is 10.2. The zero-order valence-electron chi connectivity index (χ0n) is 10.2. The second-order valence-corrected chi connectivity index (χ2v) is 3.90. The maximum Gasteiger partial charge on any atom is 0.321 e. The summed E-state index contributed by atoms with van der Waals surface area (Å²) in [7, 11) is 1.17. The molecule has 96 valence electrons. The molecule has 1 aromatic carbocycles. The van der Waals surface area contributed by atoms with Crippen LogP contribution in [0, 0.1) is 17.1 Å². The maximum absolute atomic E-state index is 12.7. The van der Waals surface area contributed by atoms with Gasteiger partial charge in [0.2, 0.25) is 0 Å². The van der Waals surface area contributed by atoms with Gasteiger partial charge in [0.25, 0.3) is 0 Å². The summed E-state index contributed by atoms with van der Waals surface area (Å²) in [5, 5.41) is 7.79. The monoisotopic (exact) mass is 251 g/mol. The van der Waals surface area contributed by atoms with Crippen LogP contribution in [0.5, 0.6) is 0 Å². The summed E-state index contributed by atoms with van der Waals surface area (Å²) < 4.78 is 17.2. The fourth-order valence-corrected chi connectivity index (χ4v) is 1.60. The normalized spacial score (nSPS) is 11.7. The van der Waals surface area contributed by atoms with Gasteiger partial charge in [-0.2, -0.15) is 0 Å². The largest absolute Gasteiger partial charge is 0.468 e. The topological polar surface area (TPSA) is 67.2 Å². The van der Waals surface area contributed by atoms with Crippen molar-refractivity contribution in [3.63, 3.8) is 0 Å². The predicted octanol–water partition coefficient (Wildman–Crippen LogP) is 1.77. The standard InChI is InChI=1S/C13H14FNO3/c1-8(16)12(13(17)18-2)11(15)7-9-3-5-10(14)6-4-9/h3-6,12,15H,7H2,1-2H3. The van der Waals surface area contributed by atoms with E-state index in [9.17, 15) is 14.0 Å². The van der Waals surface area contributed by atoms with Crippen LogP contribution in [0.4, 0.5) is 4.39 Å². The molecule has 1 aromatic rings. The van der Waals surface area contributed by atoms with Crippen molar-refractivity contribution in [1.29, 1.82) is 5.41 Å². The number of carbonyl (C=O) groups is 2. The third-order valence-corrected chi connectivity index (χ3v) is 2.50. The van der Waals surface area contributed by atoms with Gasteiger partial charge < -0.3 is 10.1 Å². The molecule has 0 aromatic heterocycles. The first-order chi connectivity index (χ1) is 8.45. The minimum absolute atomic E-state index is 0.0547. The molecule has 0 heterocycles. The van der Waals surface area contributed by atoms with E-state index < -0.39 is 17.7 Å². The number of ketones is 1. The lowest BCUT2D eigenvalue weighted by atomic mass is 9.94. The Morgan fingerprint density at radius 1 is 1.33 bits per heavy atom. The highest BCUT2D eigenvalue weighted by Gasteiger charge is 2.28. The van der Waals surface area contributed by atoms with Crippen LogP contribution in [0.1, 0.15) is 12.5 Å². The van der Waals surface area contributed by atoms with E-state index in [0.717, 1.165) is 0 Å². The number of esters is 1. The second kappa shape index (κ2) is 6.05. The molecule has 0 amide bonds. The van der Waals surface area contributed by atoms with Crippen LogP contribution >= 0.6 is 0 Å². The Bertz CT molecular complexity index is 468. The Balaban J connectivity index is 2.82. The van der Waals surface area contributed by atoms with Gasteiger partial charge in [-0.25, -0.2) is 4.39 Å². The molecule has 1 rings (SSSR count). The maximum atomic E-state index is 12.7. The minimum atomic E-state index is -1.18. The highest BCUT2D eigenvalue weighted by atomic mass is 19.1. The van der Waals surface area contributed by atoms with E-state index in [1.807, 2.05) is 0 Å². The predicted molar refractivity (Wildman–Crippen MR) is 64.0 cm³/mol. The number of hydrogen-bond donors (Lipinski definition) is 1. The Morgan fingerprint density at radius 2 is 1.89 bits per heavy atom. The molecule has 0 aliphatic heterocycles. The Labute approximate surface area is 104 Å². The molecule has 0 saturated heterocycles. The number of Topliss-reactive ketones (excluding diaryl/α,β-unsaturated/α-hetero) is 1. The second-order valence-electron chi connectivity index (χ2n) is 3.90. The quantitative estimate of drug-likeness (QED) is 0.492. The molecule has 18 heavy (non-hydrogen) atoms. The molecule has 4 nitrogen and oxygen atoms in total. The number of methoxy groups -OCH3 is 1. The van der Waals surface area contributed by atoms with Crippen molar-refractivity contribution in [1.82, 2.24) is 0 Å². The van der Waals surface area contributed by atoms with Crippen LogP contribution in [0.2, 0.25) is 0 Å². The molecule has 1 N–H and O–H groups in total. The van der Waals surface area contributed by atoms with Crippen molar-refractivity contribution in [2.45, 2.75) is 13.3 Å². The molecule has 0 radical (unpaired) electrons. The van der Waals surface area contributed by atoms with Crippen molar-refractivity contribution in [3.05, 3.63) is 35.6 Å². The van der Waals surface area contributed by atoms with E-state index in [2.05, 4.69) is 4.74 Å². The molecule has 0 aliphatic rings. The summed E-state index contributed by atoms with van der Waals surface area (Å²) in [5.41, 5.74) is 0.609. The molecule has 0 bridgehead atoms. The highest BCUT2D eigenvalue weighted by molar-refractivity contribution is 6.17. The third-order valence-electron chi connectivity index (χ3n) is 2.50. The number of rotatable bonds is 5. The van der Waals surface area contributed by atoms with Crippen molar-refractivity contribution in [2.75, 3.05) is 7.11 Å². The number of nitrogens with one attached hydrogen (secondary N) is 1. The highest BCUT2D eigenvalue weighted by Crippen LogP contribution is 2.10. The van der Waals surface area contributed by atoms with Crippen molar-refractivity contribution in [3.8, 4) is 0 Å². The fraction of sp³-hybridized carbons (Fsp3) is 0.308. The molecule has 1 atom stereocenters. The van der Waals surface area contributed by atoms with Gasteiger partial charge in [0, 0.05) is 12.1 Å². The average molecular weight is 251 g/mol. The van der Waals surface area contributed by atoms with Gasteiger partial charge in [0.05, 0.1) is 7.11 Å². The average Bonchev–Trinajstić information content (AvgIpc) is 2.31. The first-order valence-electron chi connectivity index (χ1n) is 5.35. The number of carbonyl (C=O) groups excluding carboxylic acids is 2. The van der Waals surface area contributed by atoms with E-state index in [1.54, 1.807) is 0 Å². The van der Waals surface area contributed by atoms with Crippen molar-refractivity contribution in [2.24, 2.45) is 5.92 Å². The summed E-state index contributed by atoms with van der Waals surface area (Å²) in [5.74, 6) is -2.73. The van der Waals surface area contributed by atoms with Crippen LogP contribution < -0.4 is 0 Å². The van der Waals surface area contributed by atoms with E-state index >= 15 is 0 Å². The van der Waals surface area contributed by atoms with E-state index in [4.69, 9.17) is 5.41 Å². The SMILES string of the molecule is COC(=O)C(C(=N)Cc1ccc(F)cc1)C(C)=O. The lowest BCUT2D eigenvalue weighted by Gasteiger charge is -2.12. The fourth-order valence-electron chi connectivity index (χ4n) is 1.60. The molecular weight excluding hydrogens is 237 g/mol. The number of hydrogen-bond acceptors (Lipinski definition) is 4.